The van der Waals surface area contributed by atoms with Crippen molar-refractivity contribution in [2.45, 2.75) is 6.54 Å². The fourth-order valence-corrected chi connectivity index (χ4v) is 2.00. The van der Waals surface area contributed by atoms with E-state index in [2.05, 4.69) is 42.2 Å². The average molecular weight is 323 g/mol. The highest BCUT2D eigenvalue weighted by Gasteiger charge is 2.02. The van der Waals surface area contributed by atoms with Gasteiger partial charge in [-0.3, -0.25) is 9.78 Å². The Morgan fingerprint density at radius 2 is 2.29 bits per heavy atom. The number of nitrogens with zero attached hydrogens (tertiary/aromatic N) is 1. The van der Waals surface area contributed by atoms with Gasteiger partial charge < -0.3 is 11.1 Å². The molecule has 1 amide bonds. The molecular weight excluding hydrogens is 314 g/mol. The maximum Gasteiger partial charge on any atom is 0.231 e. The van der Waals surface area contributed by atoms with Gasteiger partial charge >= 0.3 is 0 Å². The van der Waals surface area contributed by atoms with Crippen LogP contribution in [-0.2, 0) is 11.3 Å². The molecular formula is C8H9Br2N3O. The maximum absolute atomic E-state index is 10.4. The van der Waals surface area contributed by atoms with Gasteiger partial charge in [-0.15, -0.1) is 0 Å². The van der Waals surface area contributed by atoms with Crippen LogP contribution in [0.2, 0.25) is 0 Å². The molecule has 3 N–H and O–H groups in total. The third-order valence-electron chi connectivity index (χ3n) is 1.48. The highest BCUT2D eigenvalue weighted by Crippen LogP contribution is 2.19. The summed E-state index contributed by atoms with van der Waals surface area (Å²) in [7, 11) is 0. The molecule has 0 saturated heterocycles. The number of primary amides is 1. The van der Waals surface area contributed by atoms with Crippen molar-refractivity contribution < 1.29 is 4.79 Å². The summed E-state index contributed by atoms with van der Waals surface area (Å²) in [5, 5.41) is 2.88. The Bertz CT molecular complexity index is 343. The van der Waals surface area contributed by atoms with Crippen LogP contribution in [0.15, 0.2) is 21.2 Å². The number of rotatable bonds is 4. The molecule has 1 aromatic rings. The number of hydrogen-bond acceptors (Lipinski definition) is 3. The Balaban J connectivity index is 2.55. The zero-order chi connectivity index (χ0) is 10.6. The van der Waals surface area contributed by atoms with Crippen molar-refractivity contribution >= 4 is 37.8 Å². The van der Waals surface area contributed by atoms with E-state index in [1.165, 1.54) is 0 Å². The fraction of sp³-hybridized carbons (Fsp3) is 0.250. The van der Waals surface area contributed by atoms with Gasteiger partial charge in [-0.2, -0.15) is 0 Å². The van der Waals surface area contributed by atoms with E-state index >= 15 is 0 Å². The zero-order valence-electron chi connectivity index (χ0n) is 7.26. The van der Waals surface area contributed by atoms with Crippen LogP contribution in [0, 0.1) is 0 Å². The minimum Gasteiger partial charge on any atom is -0.369 e. The molecule has 0 radical (unpaired) electrons. The quantitative estimate of drug-likeness (QED) is 0.874. The van der Waals surface area contributed by atoms with Crippen molar-refractivity contribution in [3.8, 4) is 0 Å². The van der Waals surface area contributed by atoms with Crippen LogP contribution in [-0.4, -0.2) is 17.4 Å². The predicted molar refractivity (Wildman–Crippen MR) is 60.5 cm³/mol. The lowest BCUT2D eigenvalue weighted by atomic mass is 10.3. The van der Waals surface area contributed by atoms with Gasteiger partial charge in [0.05, 0.1) is 12.2 Å². The number of aromatic nitrogens is 1. The van der Waals surface area contributed by atoms with Crippen LogP contribution in [0.5, 0.6) is 0 Å². The summed E-state index contributed by atoms with van der Waals surface area (Å²) in [6.07, 6.45) is 1.70. The first kappa shape index (κ1) is 11.6. The van der Waals surface area contributed by atoms with Crippen molar-refractivity contribution in [2.75, 3.05) is 6.54 Å². The van der Waals surface area contributed by atoms with Gasteiger partial charge in [0.2, 0.25) is 5.91 Å². The fourth-order valence-electron chi connectivity index (χ4n) is 0.877. The van der Waals surface area contributed by atoms with E-state index in [0.717, 1.165) is 14.6 Å². The first-order valence-corrected chi connectivity index (χ1v) is 5.47. The molecule has 4 nitrogen and oxygen atoms in total. The molecule has 0 spiro atoms. The second kappa shape index (κ2) is 5.43. The number of carbonyl (C=O) groups excluding carboxylic acids is 1. The minimum absolute atomic E-state index is 0.157. The largest absolute Gasteiger partial charge is 0.369 e. The molecule has 76 valence electrons. The van der Waals surface area contributed by atoms with Gasteiger partial charge in [-0.1, -0.05) is 0 Å². The lowest BCUT2D eigenvalue weighted by molar-refractivity contribution is -0.117. The van der Waals surface area contributed by atoms with E-state index in [0.29, 0.717) is 6.54 Å². The molecule has 14 heavy (non-hydrogen) atoms. The van der Waals surface area contributed by atoms with E-state index in [-0.39, 0.29) is 12.5 Å². The third kappa shape index (κ3) is 3.73. The van der Waals surface area contributed by atoms with Crippen molar-refractivity contribution in [3.63, 3.8) is 0 Å². The summed E-state index contributed by atoms with van der Waals surface area (Å²) in [5.41, 5.74) is 5.82. The molecule has 0 atom stereocenters. The normalized spacial score (nSPS) is 10.1. The number of nitrogens with one attached hydrogen (secondary N) is 1. The molecule has 1 rings (SSSR count). The second-order valence-electron chi connectivity index (χ2n) is 2.65. The molecule has 0 aliphatic rings. The van der Waals surface area contributed by atoms with Gasteiger partial charge in [-0.25, -0.2) is 0 Å². The molecule has 1 aromatic heterocycles. The summed E-state index contributed by atoms with van der Waals surface area (Å²) in [6, 6.07) is 1.90. The number of amides is 1. The molecule has 0 unspecified atom stereocenters. The molecule has 1 heterocycles. The van der Waals surface area contributed by atoms with E-state index in [9.17, 15) is 4.79 Å². The smallest absolute Gasteiger partial charge is 0.231 e. The highest BCUT2D eigenvalue weighted by atomic mass is 79.9. The summed E-state index contributed by atoms with van der Waals surface area (Å²) in [5.74, 6) is -0.377. The minimum atomic E-state index is -0.377. The van der Waals surface area contributed by atoms with Gasteiger partial charge in [0.25, 0.3) is 0 Å². The number of pyridine rings is 1. The predicted octanol–water partition coefficient (Wildman–Crippen LogP) is 1.18. The van der Waals surface area contributed by atoms with E-state index < -0.39 is 0 Å². The number of hydrogen-bond donors (Lipinski definition) is 2. The van der Waals surface area contributed by atoms with Gasteiger partial charge in [0.15, 0.2) is 0 Å². The lowest BCUT2D eigenvalue weighted by Crippen LogP contribution is -2.28. The highest BCUT2D eigenvalue weighted by molar-refractivity contribution is 9.11. The summed E-state index contributed by atoms with van der Waals surface area (Å²) in [6.45, 7) is 0.668. The number of carbonyl (C=O) groups is 1. The number of nitrogens with two attached hydrogens (primary N) is 1. The Labute approximate surface area is 98.5 Å². The average Bonchev–Trinajstić information content (AvgIpc) is 2.08. The third-order valence-corrected chi connectivity index (χ3v) is 2.60. The van der Waals surface area contributed by atoms with Crippen LogP contribution in [0.25, 0.3) is 0 Å². The van der Waals surface area contributed by atoms with Crippen molar-refractivity contribution in [3.05, 3.63) is 26.9 Å². The summed E-state index contributed by atoms with van der Waals surface area (Å²) in [4.78, 5) is 14.6. The SMILES string of the molecule is NC(=O)CNCc1ncc(Br)cc1Br. The van der Waals surface area contributed by atoms with Gasteiger partial charge in [0.1, 0.15) is 0 Å². The van der Waals surface area contributed by atoms with E-state index in [1.54, 1.807) is 6.20 Å². The maximum atomic E-state index is 10.4. The van der Waals surface area contributed by atoms with Crippen molar-refractivity contribution in [2.24, 2.45) is 5.73 Å². The van der Waals surface area contributed by atoms with Crippen LogP contribution in [0.4, 0.5) is 0 Å². The molecule has 0 aromatic carbocycles. The molecule has 0 saturated carbocycles. The first-order valence-electron chi connectivity index (χ1n) is 3.88. The lowest BCUT2D eigenvalue weighted by Gasteiger charge is -2.04. The van der Waals surface area contributed by atoms with Crippen LogP contribution in [0.1, 0.15) is 5.69 Å². The Morgan fingerprint density at radius 3 is 2.86 bits per heavy atom. The number of halogens is 2. The van der Waals surface area contributed by atoms with Crippen molar-refractivity contribution in [1.29, 1.82) is 0 Å². The van der Waals surface area contributed by atoms with Gasteiger partial charge in [-0.05, 0) is 37.9 Å². The second-order valence-corrected chi connectivity index (χ2v) is 4.42. The topological polar surface area (TPSA) is 68.0 Å². The molecule has 6 heteroatoms. The first-order chi connectivity index (χ1) is 6.59. The zero-order valence-corrected chi connectivity index (χ0v) is 10.4. The molecule has 0 fully saturated rings. The van der Waals surface area contributed by atoms with E-state index in [4.69, 9.17) is 5.73 Å². The van der Waals surface area contributed by atoms with E-state index in [1.807, 2.05) is 6.07 Å². The van der Waals surface area contributed by atoms with Crippen LogP contribution >= 0.6 is 31.9 Å². The van der Waals surface area contributed by atoms with Crippen molar-refractivity contribution in [1.82, 2.24) is 10.3 Å². The van der Waals surface area contributed by atoms with Crippen LogP contribution < -0.4 is 11.1 Å². The summed E-state index contributed by atoms with van der Waals surface area (Å²) < 4.78 is 1.80. The monoisotopic (exact) mass is 321 g/mol. The Morgan fingerprint density at radius 1 is 1.57 bits per heavy atom. The molecule has 0 bridgehead atoms. The van der Waals surface area contributed by atoms with Gasteiger partial charge in [0, 0.05) is 21.7 Å². The Kier molecular flexibility index (Phi) is 4.50. The van der Waals surface area contributed by atoms with Crippen LogP contribution in [0.3, 0.4) is 0 Å². The summed E-state index contributed by atoms with van der Waals surface area (Å²) >= 11 is 6.67. The molecule has 0 aliphatic heterocycles. The molecule has 0 aliphatic carbocycles. The standard InChI is InChI=1S/C8H9Br2N3O/c9-5-1-6(10)7(13-2-5)3-12-4-8(11)14/h1-2,12H,3-4H2,(H2,11,14). The Hall–Kier alpha value is -0.460.